The molecule has 1 radical (unpaired) electrons. The van der Waals surface area contributed by atoms with Gasteiger partial charge < -0.3 is 51.3 Å². The van der Waals surface area contributed by atoms with E-state index in [1.165, 1.54) is 12.1 Å². The van der Waals surface area contributed by atoms with Crippen LogP contribution in [0.2, 0.25) is 0 Å². The highest BCUT2D eigenvalue weighted by molar-refractivity contribution is 8.00. The van der Waals surface area contributed by atoms with E-state index in [9.17, 15) is 41.9 Å². The van der Waals surface area contributed by atoms with Crippen LogP contribution in [0.25, 0.3) is 0 Å². The maximum absolute atomic E-state index is 13.5. The van der Waals surface area contributed by atoms with Crippen molar-refractivity contribution in [2.75, 3.05) is 71.6 Å². The molecule has 1 saturated heterocycles. The molecule has 3 atom stereocenters. The predicted octanol–water partition coefficient (Wildman–Crippen LogP) is 3.14. The lowest BCUT2D eigenvalue weighted by Crippen LogP contribution is -2.48. The van der Waals surface area contributed by atoms with Crippen molar-refractivity contribution < 1.29 is 70.2 Å². The zero-order valence-corrected chi connectivity index (χ0v) is 38.7. The Kier molecular flexibility index (Phi) is 24.3. The fourth-order valence-corrected chi connectivity index (χ4v) is 8.07. The van der Waals surface area contributed by atoms with Crippen LogP contribution in [0.1, 0.15) is 71.2 Å². The highest BCUT2D eigenvalue weighted by atomic mass is 32.2. The summed E-state index contributed by atoms with van der Waals surface area (Å²) in [7, 11) is 0. The summed E-state index contributed by atoms with van der Waals surface area (Å²) >= 11 is 2.61. The highest BCUT2D eigenvalue weighted by Crippen LogP contribution is 2.52. The van der Waals surface area contributed by atoms with E-state index in [1.54, 1.807) is 23.9 Å². The lowest BCUT2D eigenvalue weighted by molar-refractivity contribution is -0.195. The molecule has 2 aromatic carbocycles. The second kappa shape index (κ2) is 29.7. The maximum Gasteiger partial charge on any atom is 0.442 e. The molecule has 0 aromatic heterocycles. The molecule has 2 aliphatic rings. The highest BCUT2D eigenvalue weighted by Gasteiger charge is 2.65. The van der Waals surface area contributed by atoms with Crippen LogP contribution in [0.3, 0.4) is 0 Å². The van der Waals surface area contributed by atoms with E-state index in [1.807, 2.05) is 6.42 Å². The van der Waals surface area contributed by atoms with Crippen LogP contribution in [0.4, 0.5) is 18.0 Å². The van der Waals surface area contributed by atoms with Crippen LogP contribution in [0.15, 0.2) is 63.7 Å². The van der Waals surface area contributed by atoms with Crippen molar-refractivity contribution in [3.05, 3.63) is 71.6 Å². The predicted molar refractivity (Wildman–Crippen MR) is 240 cm³/mol. The fourth-order valence-electron chi connectivity index (χ4n) is 6.41. The summed E-state index contributed by atoms with van der Waals surface area (Å²) in [6.07, 6.45) is 0.648. The number of hydrogen-bond donors (Lipinski definition) is 7. The summed E-state index contributed by atoms with van der Waals surface area (Å²) in [4.78, 5) is 79.5. The number of nitrogens with zero attached hydrogens (tertiary/aromatic N) is 2. The SMILES string of the molecule is NOOSc1ccc(C(=O)NCCOC(=O)C[C@@H](NC(=O)c2ccc(C3(C(F)(F)F)N=N3)cc2)C(=O)NCCCOCCOCCOCCCNC(=O)CCCC[C@@H]2SC[CH][C@@H]2NC(N)=O)cc1. The zero-order valence-electron chi connectivity index (χ0n) is 37.1. The third-order valence-corrected chi connectivity index (χ3v) is 11.9. The number of amides is 6. The van der Waals surface area contributed by atoms with Crippen molar-refractivity contribution in [3.63, 3.8) is 0 Å². The number of benzene rings is 2. The number of unbranched alkanes of at least 4 members (excludes halogenated alkanes) is 1. The van der Waals surface area contributed by atoms with Crippen LogP contribution < -0.4 is 38.2 Å². The molecule has 68 heavy (non-hydrogen) atoms. The first-order valence-electron chi connectivity index (χ1n) is 21.7. The molecule has 0 aliphatic carbocycles. The number of halogens is 3. The fraction of sp³-hybridized carbons (Fsp3) is 0.548. The normalized spacial score (nSPS) is 16.4. The molecule has 0 bridgehead atoms. The Morgan fingerprint density at radius 1 is 0.779 bits per heavy atom. The van der Waals surface area contributed by atoms with E-state index in [0.717, 1.165) is 61.3 Å². The van der Waals surface area contributed by atoms with E-state index >= 15 is 0 Å². The quantitative estimate of drug-likeness (QED) is 0.0178. The van der Waals surface area contributed by atoms with Gasteiger partial charge in [-0.15, -0.1) is 19.6 Å². The first-order valence-corrected chi connectivity index (χ1v) is 23.5. The molecule has 9 N–H and O–H groups in total. The van der Waals surface area contributed by atoms with Crippen molar-refractivity contribution >= 4 is 59.4 Å². The van der Waals surface area contributed by atoms with Crippen molar-refractivity contribution in [3.8, 4) is 0 Å². The molecule has 21 nitrogen and oxygen atoms in total. The molecule has 4 rings (SSSR count). The molecule has 2 aromatic rings. The van der Waals surface area contributed by atoms with Gasteiger partial charge in [0.25, 0.3) is 11.8 Å². The molecular weight excluding hydrogens is 944 g/mol. The van der Waals surface area contributed by atoms with E-state index < -0.39 is 54.0 Å². The lowest BCUT2D eigenvalue weighted by Gasteiger charge is -2.19. The number of esters is 1. The molecular formula is C42H57F3N9O12S2. The van der Waals surface area contributed by atoms with Gasteiger partial charge in [-0.3, -0.25) is 24.0 Å². The Balaban J connectivity index is 1.07. The minimum absolute atomic E-state index is 0.0131. The van der Waals surface area contributed by atoms with Crippen molar-refractivity contribution in [2.45, 2.75) is 79.0 Å². The topological polar surface area (TPSA) is 295 Å². The number of thioether (sulfide) groups is 1. The average Bonchev–Trinajstić information content (AvgIpc) is 4.04. The largest absolute Gasteiger partial charge is 0.464 e. The number of nitrogens with one attached hydrogen (secondary N) is 5. The smallest absolute Gasteiger partial charge is 0.442 e. The average molecular weight is 1000 g/mol. The number of rotatable bonds is 33. The number of carbonyl (C=O) groups excluding carboxylic acids is 6. The lowest BCUT2D eigenvalue weighted by atomic mass is 10.0. The number of ether oxygens (including phenoxy) is 4. The Hall–Kier alpha value is -5.09. The van der Waals surface area contributed by atoms with E-state index in [0.29, 0.717) is 62.7 Å². The number of primary amides is 1. The number of alkyl halides is 3. The first kappa shape index (κ1) is 55.5. The summed E-state index contributed by atoms with van der Waals surface area (Å²) in [5, 5.41) is 19.9. The number of hydrogen-bond acceptors (Lipinski definition) is 17. The number of urea groups is 1. The molecule has 0 saturated carbocycles. The number of nitrogens with two attached hydrogens (primary N) is 2. The molecule has 2 heterocycles. The van der Waals surface area contributed by atoms with Crippen LogP contribution in [0.5, 0.6) is 0 Å². The van der Waals surface area contributed by atoms with E-state index in [-0.39, 0.29) is 61.2 Å². The second-order valence-corrected chi connectivity index (χ2v) is 17.0. The third kappa shape index (κ3) is 19.9. The Bertz CT molecular complexity index is 1950. The van der Waals surface area contributed by atoms with Crippen LogP contribution in [0, 0.1) is 6.42 Å². The molecule has 375 valence electrons. The molecule has 26 heteroatoms. The van der Waals surface area contributed by atoms with Crippen LogP contribution >= 0.6 is 23.8 Å². The van der Waals surface area contributed by atoms with E-state index in [4.69, 9.17) is 30.6 Å². The Labute approximate surface area is 399 Å². The van der Waals surface area contributed by atoms with Gasteiger partial charge in [0.2, 0.25) is 11.8 Å². The Morgan fingerprint density at radius 2 is 1.40 bits per heavy atom. The molecule has 0 unspecified atom stereocenters. The number of carbonyl (C=O) groups is 6. The van der Waals surface area contributed by atoms with E-state index in [2.05, 4.69) is 46.1 Å². The van der Waals surface area contributed by atoms with Crippen LogP contribution in [-0.2, 0) is 48.3 Å². The standard InChI is InChI=1S/C42H57F3N9O12S2/c43-42(44,45)41(53-54-41)30-11-7-29(8-12-30)38(58)51-33(27-36(56)64-21-18-50-37(57)28-9-13-31(14-10-28)68-66-65-47)39(59)49-17-4-20-62-23-25-63-24-22-61-19-3-16-48-35(55)6-2-1-5-34-32(15-26-67-34)52-40(46)60/h7-15,32-34H,1-6,16-27,47H2,(H,48,55)(H,49,59)(H,50,57)(H,51,58)(H3,46,52,60)/t32-,33+,34-/m0/s1. The van der Waals surface area contributed by atoms with Crippen molar-refractivity contribution in [2.24, 2.45) is 21.9 Å². The molecule has 2 aliphatic heterocycles. The summed E-state index contributed by atoms with van der Waals surface area (Å²) < 4.78 is 66.7. The van der Waals surface area contributed by atoms with Crippen LogP contribution in [-0.4, -0.2) is 131 Å². The van der Waals surface area contributed by atoms with Gasteiger partial charge in [-0.25, -0.2) is 4.79 Å². The minimum atomic E-state index is -4.76. The molecule has 6 amide bonds. The Morgan fingerprint density at radius 3 is 2.01 bits per heavy atom. The monoisotopic (exact) mass is 1000 g/mol. The summed E-state index contributed by atoms with van der Waals surface area (Å²) in [6, 6.07) is 8.56. The van der Waals surface area contributed by atoms with Gasteiger partial charge in [-0.05, 0) is 74.3 Å². The van der Waals surface area contributed by atoms with Gasteiger partial charge >= 0.3 is 23.8 Å². The van der Waals surface area contributed by atoms with Gasteiger partial charge in [0.1, 0.15) is 12.6 Å². The molecule has 0 spiro atoms. The molecule has 1 fully saturated rings. The first-order chi connectivity index (χ1) is 32.7. The zero-order chi connectivity index (χ0) is 49.2. The summed E-state index contributed by atoms with van der Waals surface area (Å²) in [5.41, 5.74) is 2.47. The van der Waals surface area contributed by atoms with Crippen molar-refractivity contribution in [1.82, 2.24) is 26.6 Å². The van der Waals surface area contributed by atoms with Gasteiger partial charge in [-0.2, -0.15) is 30.8 Å². The van der Waals surface area contributed by atoms with Gasteiger partial charge in [0.15, 0.2) is 0 Å². The minimum Gasteiger partial charge on any atom is -0.464 e. The van der Waals surface area contributed by atoms with Gasteiger partial charge in [0.05, 0.1) is 51.4 Å². The summed E-state index contributed by atoms with van der Waals surface area (Å²) in [6.45, 7) is 2.22. The van der Waals surface area contributed by atoms with Gasteiger partial charge in [-0.1, -0.05) is 18.6 Å². The second-order valence-electron chi connectivity index (χ2n) is 15.0. The van der Waals surface area contributed by atoms with Crippen molar-refractivity contribution in [1.29, 1.82) is 0 Å². The van der Waals surface area contributed by atoms with Gasteiger partial charge in [0, 0.05) is 65.6 Å². The summed E-state index contributed by atoms with van der Waals surface area (Å²) in [5.74, 6) is 2.74. The third-order valence-electron chi connectivity index (χ3n) is 9.98. The maximum atomic E-state index is 13.5.